The van der Waals surface area contributed by atoms with E-state index in [2.05, 4.69) is 10.3 Å². The molecule has 34 heavy (non-hydrogen) atoms. The van der Waals surface area contributed by atoms with Gasteiger partial charge in [-0.2, -0.15) is 13.2 Å². The van der Waals surface area contributed by atoms with E-state index < -0.39 is 33.5 Å². The first-order chi connectivity index (χ1) is 15.7. The Balaban J connectivity index is 1.61. The van der Waals surface area contributed by atoms with E-state index in [-0.39, 0.29) is 85.3 Å². The molecule has 6 nitrogen and oxygen atoms in total. The minimum atomic E-state index is -4.73. The molecule has 3 heterocycles. The molecule has 1 saturated heterocycles. The lowest BCUT2D eigenvalue weighted by Gasteiger charge is -2.28. The summed E-state index contributed by atoms with van der Waals surface area (Å²) in [5.41, 5.74) is -0.698. The first kappa shape index (κ1) is 24.9. The highest BCUT2D eigenvalue weighted by Crippen LogP contribution is 2.40. The van der Waals surface area contributed by atoms with E-state index in [0.717, 1.165) is 0 Å². The minimum Gasteiger partial charge on any atom is -0.349 e. The van der Waals surface area contributed by atoms with Crippen LogP contribution in [0.1, 0.15) is 66.0 Å². The minimum absolute atomic E-state index is 0.0261. The van der Waals surface area contributed by atoms with Crippen LogP contribution < -0.4 is 5.32 Å². The number of carbonyl (C=O) groups is 1. The summed E-state index contributed by atoms with van der Waals surface area (Å²) in [6, 6.07) is 2.40. The Morgan fingerprint density at radius 1 is 1.15 bits per heavy atom. The second kappa shape index (κ2) is 8.76. The maximum atomic E-state index is 13.8. The second-order valence-corrected chi connectivity index (χ2v) is 11.7. The molecule has 1 aliphatic heterocycles. The summed E-state index contributed by atoms with van der Waals surface area (Å²) in [5, 5.41) is 2.76. The van der Waals surface area contributed by atoms with Gasteiger partial charge in [-0.3, -0.25) is 4.79 Å². The number of hydrogen-bond donors (Lipinski definition) is 1. The lowest BCUT2D eigenvalue weighted by atomic mass is 9.83. The van der Waals surface area contributed by atoms with Crippen molar-refractivity contribution in [1.82, 2.24) is 14.7 Å². The number of sulfone groups is 1. The average Bonchev–Trinajstić information content (AvgIpc) is 3.10. The van der Waals surface area contributed by atoms with Crippen LogP contribution in [0.5, 0.6) is 0 Å². The number of nitrogens with one attached hydrogen (secondary N) is 1. The summed E-state index contributed by atoms with van der Waals surface area (Å²) < 4.78 is 92.9. The molecule has 1 aliphatic carbocycles. The normalized spacial score (nSPS) is 21.6. The van der Waals surface area contributed by atoms with Crippen molar-refractivity contribution in [2.45, 2.75) is 70.0 Å². The van der Waals surface area contributed by atoms with E-state index in [9.17, 15) is 35.2 Å². The quantitative estimate of drug-likeness (QED) is 0.625. The number of imidazole rings is 1. The molecular weight excluding hydrogens is 481 g/mol. The fraction of sp³-hybridized carbons (Fsp3) is 0.636. The largest absolute Gasteiger partial charge is 0.435 e. The van der Waals surface area contributed by atoms with Gasteiger partial charge >= 0.3 is 6.18 Å². The average molecular weight is 508 g/mol. The number of pyridine rings is 1. The topological polar surface area (TPSA) is 80.5 Å². The number of carbonyl (C=O) groups excluding carboxylic acids is 1. The number of nitrogens with zero attached hydrogens (tertiary/aromatic N) is 2. The SMILES string of the molecule is Cc1cc(C(=O)NC2CCS(=O)(=O)CC2)cc2nc(C(F)(F)F)c(CC3CCC(F)(F)CC3)n12. The summed E-state index contributed by atoms with van der Waals surface area (Å²) in [5.74, 6) is -3.65. The molecule has 2 aromatic heterocycles. The number of hydrogen-bond acceptors (Lipinski definition) is 4. The number of aromatic nitrogens is 2. The van der Waals surface area contributed by atoms with Gasteiger partial charge in [0.1, 0.15) is 15.5 Å². The Morgan fingerprint density at radius 2 is 1.76 bits per heavy atom. The lowest BCUT2D eigenvalue weighted by molar-refractivity contribution is -0.141. The Hall–Kier alpha value is -2.24. The van der Waals surface area contributed by atoms with Crippen LogP contribution in [0.2, 0.25) is 0 Å². The Labute approximate surface area is 193 Å². The third kappa shape index (κ3) is 5.36. The summed E-state index contributed by atoms with van der Waals surface area (Å²) in [7, 11) is -3.10. The maximum absolute atomic E-state index is 13.8. The van der Waals surface area contributed by atoms with Crippen molar-refractivity contribution >= 4 is 21.4 Å². The molecule has 1 amide bonds. The van der Waals surface area contributed by atoms with Gasteiger partial charge < -0.3 is 9.72 Å². The number of fused-ring (bicyclic) bond motifs is 1. The molecule has 0 aromatic carbocycles. The molecule has 2 fully saturated rings. The molecule has 12 heteroatoms. The fourth-order valence-electron chi connectivity index (χ4n) is 4.86. The van der Waals surface area contributed by atoms with E-state index in [1.807, 2.05) is 0 Å². The van der Waals surface area contributed by atoms with E-state index in [0.29, 0.717) is 5.69 Å². The van der Waals surface area contributed by atoms with Gasteiger partial charge in [-0.1, -0.05) is 0 Å². The van der Waals surface area contributed by atoms with Crippen LogP contribution in [0.25, 0.3) is 5.65 Å². The van der Waals surface area contributed by atoms with Crippen LogP contribution in [-0.4, -0.2) is 47.2 Å². The smallest absolute Gasteiger partial charge is 0.349 e. The predicted octanol–water partition coefficient (Wildman–Crippen LogP) is 4.34. The molecule has 4 rings (SSSR count). The molecule has 2 aliphatic rings. The van der Waals surface area contributed by atoms with Crippen LogP contribution >= 0.6 is 0 Å². The maximum Gasteiger partial charge on any atom is 0.435 e. The number of aryl methyl sites for hydroxylation is 1. The van der Waals surface area contributed by atoms with Crippen LogP contribution in [0.15, 0.2) is 12.1 Å². The third-order valence-corrected chi connectivity index (χ3v) is 8.46. The molecule has 0 radical (unpaired) electrons. The van der Waals surface area contributed by atoms with Crippen LogP contribution in [0.4, 0.5) is 22.0 Å². The van der Waals surface area contributed by atoms with Crippen molar-refractivity contribution in [3.05, 3.63) is 34.8 Å². The van der Waals surface area contributed by atoms with Gasteiger partial charge in [0.05, 0.1) is 17.2 Å². The van der Waals surface area contributed by atoms with Crippen molar-refractivity contribution in [2.75, 3.05) is 11.5 Å². The molecule has 188 valence electrons. The summed E-state index contributed by atoms with van der Waals surface area (Å²) >= 11 is 0. The molecule has 2 aromatic rings. The highest BCUT2D eigenvalue weighted by Gasteiger charge is 2.40. The van der Waals surface area contributed by atoms with Crippen molar-refractivity contribution < 1.29 is 35.2 Å². The zero-order valence-electron chi connectivity index (χ0n) is 18.6. The highest BCUT2D eigenvalue weighted by atomic mass is 32.2. The monoisotopic (exact) mass is 507 g/mol. The molecule has 1 N–H and O–H groups in total. The van der Waals surface area contributed by atoms with Crippen LogP contribution in [0.3, 0.4) is 0 Å². The standard InChI is InChI=1S/C22H26F5N3O3S/c1-13-10-15(20(31)28-16-4-8-34(32,33)9-5-16)12-18-29-19(22(25,26)27)17(30(13)18)11-14-2-6-21(23,24)7-3-14/h10,12,14,16H,2-9,11H2,1H3,(H,28,31). The summed E-state index contributed by atoms with van der Waals surface area (Å²) in [6.07, 6.45) is -4.63. The second-order valence-electron chi connectivity index (χ2n) is 9.39. The molecule has 0 spiro atoms. The Bertz CT molecular complexity index is 1180. The summed E-state index contributed by atoms with van der Waals surface area (Å²) in [6.45, 7) is 1.57. The molecular formula is C22H26F5N3O3S. The first-order valence-electron chi connectivity index (χ1n) is 11.2. The van der Waals surface area contributed by atoms with Crippen molar-refractivity contribution in [3.63, 3.8) is 0 Å². The van der Waals surface area contributed by atoms with E-state index in [1.165, 1.54) is 16.5 Å². The van der Waals surface area contributed by atoms with Gasteiger partial charge in [0.25, 0.3) is 5.91 Å². The van der Waals surface area contributed by atoms with Crippen molar-refractivity contribution in [3.8, 4) is 0 Å². The van der Waals surface area contributed by atoms with Crippen molar-refractivity contribution in [1.29, 1.82) is 0 Å². The Morgan fingerprint density at radius 3 is 2.35 bits per heavy atom. The summed E-state index contributed by atoms with van der Waals surface area (Å²) in [4.78, 5) is 16.5. The van der Waals surface area contributed by atoms with Gasteiger partial charge in [-0.25, -0.2) is 22.2 Å². The lowest BCUT2D eigenvalue weighted by Crippen LogP contribution is -2.40. The van der Waals surface area contributed by atoms with Gasteiger partial charge in [0, 0.05) is 30.1 Å². The van der Waals surface area contributed by atoms with E-state index >= 15 is 0 Å². The zero-order chi connectivity index (χ0) is 24.9. The van der Waals surface area contributed by atoms with E-state index in [4.69, 9.17) is 0 Å². The number of amides is 1. The van der Waals surface area contributed by atoms with Gasteiger partial charge in [-0.05, 0) is 57.1 Å². The van der Waals surface area contributed by atoms with Crippen LogP contribution in [0, 0.1) is 12.8 Å². The Kier molecular flexibility index (Phi) is 6.41. The molecule has 1 saturated carbocycles. The van der Waals surface area contributed by atoms with Crippen LogP contribution in [-0.2, 0) is 22.4 Å². The van der Waals surface area contributed by atoms with Gasteiger partial charge in [0.2, 0.25) is 5.92 Å². The molecule has 0 atom stereocenters. The molecule has 0 bridgehead atoms. The van der Waals surface area contributed by atoms with Gasteiger partial charge in [-0.15, -0.1) is 0 Å². The third-order valence-electron chi connectivity index (χ3n) is 6.74. The van der Waals surface area contributed by atoms with Crippen molar-refractivity contribution in [2.24, 2.45) is 5.92 Å². The number of rotatable bonds is 4. The first-order valence-corrected chi connectivity index (χ1v) is 13.0. The van der Waals surface area contributed by atoms with E-state index in [1.54, 1.807) is 6.92 Å². The highest BCUT2D eigenvalue weighted by molar-refractivity contribution is 7.91. The predicted molar refractivity (Wildman–Crippen MR) is 115 cm³/mol. The molecule has 0 unspecified atom stereocenters. The van der Waals surface area contributed by atoms with Gasteiger partial charge in [0.15, 0.2) is 5.69 Å². The fourth-order valence-corrected chi connectivity index (χ4v) is 6.35. The zero-order valence-corrected chi connectivity index (χ0v) is 19.4. The number of halogens is 5. The number of alkyl halides is 5.